The van der Waals surface area contributed by atoms with Gasteiger partial charge in [-0.25, -0.2) is 9.78 Å². The maximum absolute atomic E-state index is 11.9. The molecule has 7 heteroatoms. The lowest BCUT2D eigenvalue weighted by Gasteiger charge is -2.05. The minimum absolute atomic E-state index is 0.287. The second kappa shape index (κ2) is 7.53. The number of hydrogen-bond acceptors (Lipinski definition) is 4. The molecule has 3 rings (SSSR count). The average molecular weight is 368 g/mol. The molecule has 1 aromatic carbocycles. The lowest BCUT2D eigenvalue weighted by atomic mass is 10.0. The maximum atomic E-state index is 11.9. The molecule has 134 valence electrons. The third-order valence-electron chi connectivity index (χ3n) is 3.74. The maximum Gasteiger partial charge on any atom is 0.321 e. The molecule has 0 fully saturated rings. The molecule has 3 aromatic rings. The van der Waals surface area contributed by atoms with Crippen molar-refractivity contribution >= 4 is 22.5 Å². The molecule has 2 heterocycles. The topological polar surface area (TPSA) is 81.0 Å². The Morgan fingerprint density at radius 2 is 1.81 bits per heavy atom. The molecule has 0 unspecified atom stereocenters. The van der Waals surface area contributed by atoms with Gasteiger partial charge in [0.25, 0.3) is 0 Å². The van der Waals surface area contributed by atoms with Crippen LogP contribution in [0.2, 0.25) is 0 Å². The van der Waals surface area contributed by atoms with E-state index in [1.165, 1.54) is 23.7 Å². The zero-order valence-electron chi connectivity index (χ0n) is 14.9. The number of rotatable bonds is 4. The minimum atomic E-state index is -0.287. The fourth-order valence-electron chi connectivity index (χ4n) is 2.74. The number of nitrogens with zero attached hydrogens (tertiary/aromatic N) is 2. The number of amides is 2. The third kappa shape index (κ3) is 4.00. The number of benzene rings is 1. The molecule has 2 amide bonds. The summed E-state index contributed by atoms with van der Waals surface area (Å²) < 4.78 is 0.745. The summed E-state index contributed by atoms with van der Waals surface area (Å²) in [5.41, 5.74) is 4.94. The first-order chi connectivity index (χ1) is 12.5. The molecule has 26 heavy (non-hydrogen) atoms. The van der Waals surface area contributed by atoms with Gasteiger partial charge >= 0.3 is 6.03 Å². The number of aryl methyl sites for hydroxylation is 2. The highest BCUT2D eigenvalue weighted by Crippen LogP contribution is 2.39. The molecule has 0 bridgehead atoms. The predicted octanol–water partition coefficient (Wildman–Crippen LogP) is 3.87. The van der Waals surface area contributed by atoms with Crippen molar-refractivity contribution in [2.75, 3.05) is 11.9 Å². The zero-order chi connectivity index (χ0) is 18.7. The zero-order valence-corrected chi connectivity index (χ0v) is 15.7. The summed E-state index contributed by atoms with van der Waals surface area (Å²) >= 11 is 1.38. The van der Waals surface area contributed by atoms with Gasteiger partial charge in [-0.15, -0.1) is 0 Å². The van der Waals surface area contributed by atoms with Crippen molar-refractivity contribution in [1.29, 1.82) is 0 Å². The van der Waals surface area contributed by atoms with E-state index in [1.54, 1.807) is 12.1 Å². The van der Waals surface area contributed by atoms with Crippen LogP contribution in [0.5, 0.6) is 0 Å². The summed E-state index contributed by atoms with van der Waals surface area (Å²) in [7, 11) is 0. The molecule has 0 aliphatic carbocycles. The summed E-state index contributed by atoms with van der Waals surface area (Å²) in [6.45, 7) is 6.48. The number of thiazole rings is 1. The summed E-state index contributed by atoms with van der Waals surface area (Å²) in [6.07, 6.45) is 2.91. The summed E-state index contributed by atoms with van der Waals surface area (Å²) in [5, 5.41) is 17.3. The van der Waals surface area contributed by atoms with E-state index in [2.05, 4.69) is 33.8 Å². The van der Waals surface area contributed by atoms with Crippen LogP contribution in [-0.4, -0.2) is 17.6 Å². The van der Waals surface area contributed by atoms with E-state index in [9.17, 15) is 10.0 Å². The van der Waals surface area contributed by atoms with E-state index in [0.717, 1.165) is 37.6 Å². The fraction of sp³-hybridized carbons (Fsp3) is 0.211. The Morgan fingerprint density at radius 3 is 2.42 bits per heavy atom. The Hall–Kier alpha value is -2.93. The molecule has 0 saturated heterocycles. The van der Waals surface area contributed by atoms with Gasteiger partial charge in [0.05, 0.1) is 10.6 Å². The molecule has 0 radical (unpaired) electrons. The second-order valence-electron chi connectivity index (χ2n) is 6.00. The Balaban J connectivity index is 2.09. The van der Waals surface area contributed by atoms with Gasteiger partial charge in [0.1, 0.15) is 0 Å². The monoisotopic (exact) mass is 368 g/mol. The Kier molecular flexibility index (Phi) is 5.18. The van der Waals surface area contributed by atoms with Crippen molar-refractivity contribution in [3.05, 3.63) is 59.1 Å². The van der Waals surface area contributed by atoms with Crippen LogP contribution < -0.4 is 15.4 Å². The highest BCUT2D eigenvalue weighted by molar-refractivity contribution is 7.19. The average Bonchev–Trinajstić information content (AvgIpc) is 2.98. The SMILES string of the molecule is CCNC(=O)Nc1nc(-c2cc(C)cc(C)c2)c(-c2cc[n+]([O-])cc2)s1. The molecule has 0 atom stereocenters. The van der Waals surface area contributed by atoms with Crippen molar-refractivity contribution in [3.63, 3.8) is 0 Å². The summed E-state index contributed by atoms with van der Waals surface area (Å²) in [6, 6.07) is 9.46. The highest BCUT2D eigenvalue weighted by atomic mass is 32.1. The van der Waals surface area contributed by atoms with Gasteiger partial charge < -0.3 is 10.5 Å². The molecule has 2 aromatic heterocycles. The lowest BCUT2D eigenvalue weighted by molar-refractivity contribution is -0.605. The van der Waals surface area contributed by atoms with Crippen molar-refractivity contribution in [3.8, 4) is 21.7 Å². The van der Waals surface area contributed by atoms with Crippen LogP contribution >= 0.6 is 11.3 Å². The quantitative estimate of drug-likeness (QED) is 0.542. The number of carbonyl (C=O) groups excluding carboxylic acids is 1. The number of hydrogen-bond donors (Lipinski definition) is 2. The van der Waals surface area contributed by atoms with Gasteiger partial charge in [-0.2, -0.15) is 4.73 Å². The van der Waals surface area contributed by atoms with Crippen LogP contribution in [0.4, 0.5) is 9.93 Å². The van der Waals surface area contributed by atoms with E-state index >= 15 is 0 Å². The first kappa shape index (κ1) is 17.9. The van der Waals surface area contributed by atoms with Crippen molar-refractivity contribution in [1.82, 2.24) is 10.3 Å². The van der Waals surface area contributed by atoms with Crippen LogP contribution in [0.3, 0.4) is 0 Å². The van der Waals surface area contributed by atoms with Crippen LogP contribution in [0.25, 0.3) is 21.7 Å². The molecule has 2 N–H and O–H groups in total. The Bertz CT molecular complexity index is 915. The number of anilines is 1. The van der Waals surface area contributed by atoms with E-state index in [1.807, 2.05) is 20.8 Å². The van der Waals surface area contributed by atoms with Gasteiger partial charge in [-0.1, -0.05) is 28.5 Å². The normalized spacial score (nSPS) is 10.6. The Morgan fingerprint density at radius 1 is 1.15 bits per heavy atom. The molecule has 0 saturated carbocycles. The van der Waals surface area contributed by atoms with Crippen molar-refractivity contribution in [2.45, 2.75) is 20.8 Å². The van der Waals surface area contributed by atoms with E-state index in [4.69, 9.17) is 0 Å². The first-order valence-electron chi connectivity index (χ1n) is 8.30. The molecular weight excluding hydrogens is 348 g/mol. The number of carbonyl (C=O) groups is 1. The highest BCUT2D eigenvalue weighted by Gasteiger charge is 2.17. The van der Waals surface area contributed by atoms with Gasteiger partial charge in [0.2, 0.25) is 0 Å². The number of urea groups is 1. The molecular formula is C19H20N4O2S. The van der Waals surface area contributed by atoms with Gasteiger partial charge in [0, 0.05) is 29.8 Å². The van der Waals surface area contributed by atoms with Gasteiger partial charge in [-0.05, 0) is 32.9 Å². The summed E-state index contributed by atoms with van der Waals surface area (Å²) in [5.74, 6) is 0. The fourth-order valence-corrected chi connectivity index (χ4v) is 3.73. The van der Waals surface area contributed by atoms with Crippen LogP contribution in [0.15, 0.2) is 42.7 Å². The molecule has 0 spiro atoms. The van der Waals surface area contributed by atoms with E-state index < -0.39 is 0 Å². The summed E-state index contributed by atoms with van der Waals surface area (Å²) in [4.78, 5) is 17.4. The van der Waals surface area contributed by atoms with Crippen LogP contribution in [-0.2, 0) is 0 Å². The lowest BCUT2D eigenvalue weighted by Crippen LogP contribution is -2.28. The second-order valence-corrected chi connectivity index (χ2v) is 7.00. The Labute approximate surface area is 156 Å². The predicted molar refractivity (Wildman–Crippen MR) is 104 cm³/mol. The van der Waals surface area contributed by atoms with E-state index in [0.29, 0.717) is 11.7 Å². The standard InChI is InChI=1S/C19H20N4O2S/c1-4-20-18(24)22-19-21-16(15-10-12(2)9-13(3)11-15)17(26-19)14-5-7-23(25)8-6-14/h5-11H,4H2,1-3H3,(H2,20,21,22,24). The smallest absolute Gasteiger partial charge is 0.321 e. The molecule has 0 aliphatic heterocycles. The number of aromatic nitrogens is 2. The van der Waals surface area contributed by atoms with Crippen molar-refractivity contribution < 1.29 is 9.52 Å². The minimum Gasteiger partial charge on any atom is -0.619 e. The van der Waals surface area contributed by atoms with E-state index in [-0.39, 0.29) is 6.03 Å². The largest absolute Gasteiger partial charge is 0.619 e. The molecule has 6 nitrogen and oxygen atoms in total. The third-order valence-corrected chi connectivity index (χ3v) is 4.76. The van der Waals surface area contributed by atoms with Crippen molar-refractivity contribution in [2.24, 2.45) is 0 Å². The molecule has 0 aliphatic rings. The van der Waals surface area contributed by atoms with Gasteiger partial charge in [0.15, 0.2) is 17.5 Å². The number of nitrogens with one attached hydrogen (secondary N) is 2. The van der Waals surface area contributed by atoms with Crippen LogP contribution in [0, 0.1) is 19.1 Å². The first-order valence-corrected chi connectivity index (χ1v) is 9.11. The van der Waals surface area contributed by atoms with Gasteiger partial charge in [-0.3, -0.25) is 5.32 Å². The van der Waals surface area contributed by atoms with Crippen LogP contribution in [0.1, 0.15) is 18.1 Å². The number of pyridine rings is 1.